The van der Waals surface area contributed by atoms with Gasteiger partial charge in [0.25, 0.3) is 0 Å². The Balaban J connectivity index is 2.94. The number of aromatic hydroxyl groups is 1. The summed E-state index contributed by atoms with van der Waals surface area (Å²) in [6.45, 7) is 5.48. The third-order valence-corrected chi connectivity index (χ3v) is 1.26. The molecule has 0 aliphatic heterocycles. The molecule has 0 saturated carbocycles. The molecule has 0 bridgehead atoms. The van der Waals surface area contributed by atoms with Crippen molar-refractivity contribution in [2.75, 3.05) is 0 Å². The molecule has 60 valence electrons. The monoisotopic (exact) mass is 154 g/mol. The number of H-pyrrole nitrogens is 2. The molecule has 0 radical (unpaired) electrons. The third kappa shape index (κ3) is 1.73. The van der Waals surface area contributed by atoms with Gasteiger partial charge in [-0.15, -0.1) is 0 Å². The standard InChI is InChI=1S/C7H10N2O2/c1-4(2)3-5-6(10)9-7(11)8-5/h10H,1,3H2,2H3,(H2,8,9,11). The summed E-state index contributed by atoms with van der Waals surface area (Å²) in [7, 11) is 0. The highest BCUT2D eigenvalue weighted by Gasteiger charge is 2.03. The number of hydrogen-bond donors (Lipinski definition) is 3. The second kappa shape index (κ2) is 2.65. The van der Waals surface area contributed by atoms with Crippen LogP contribution in [0.25, 0.3) is 0 Å². The van der Waals surface area contributed by atoms with E-state index in [9.17, 15) is 4.79 Å². The maximum atomic E-state index is 10.6. The van der Waals surface area contributed by atoms with Crippen LogP contribution in [-0.2, 0) is 6.42 Å². The zero-order valence-corrected chi connectivity index (χ0v) is 6.27. The van der Waals surface area contributed by atoms with Crippen LogP contribution in [-0.4, -0.2) is 15.1 Å². The summed E-state index contributed by atoms with van der Waals surface area (Å²) < 4.78 is 0. The smallest absolute Gasteiger partial charge is 0.325 e. The van der Waals surface area contributed by atoms with Crippen LogP contribution in [0.3, 0.4) is 0 Å². The summed E-state index contributed by atoms with van der Waals surface area (Å²) in [6.07, 6.45) is 0.491. The number of hydrogen-bond acceptors (Lipinski definition) is 2. The van der Waals surface area contributed by atoms with Gasteiger partial charge in [-0.1, -0.05) is 12.2 Å². The quantitative estimate of drug-likeness (QED) is 0.544. The van der Waals surface area contributed by atoms with Gasteiger partial charge < -0.3 is 10.1 Å². The lowest BCUT2D eigenvalue weighted by molar-refractivity contribution is 0.450. The van der Waals surface area contributed by atoms with Gasteiger partial charge in [0.05, 0.1) is 5.69 Å². The molecule has 0 fully saturated rings. The summed E-state index contributed by atoms with van der Waals surface area (Å²) >= 11 is 0. The SMILES string of the molecule is C=C(C)Cc1[nH]c(=O)[nH]c1O. The van der Waals surface area contributed by atoms with Gasteiger partial charge in [0.1, 0.15) is 0 Å². The van der Waals surface area contributed by atoms with E-state index in [1.165, 1.54) is 0 Å². The Morgan fingerprint density at radius 1 is 1.64 bits per heavy atom. The number of imidazole rings is 1. The lowest BCUT2D eigenvalue weighted by Crippen LogP contribution is -2.01. The van der Waals surface area contributed by atoms with Crippen LogP contribution in [0, 0.1) is 0 Å². The first-order valence-corrected chi connectivity index (χ1v) is 3.24. The molecule has 4 heteroatoms. The van der Waals surface area contributed by atoms with Crippen molar-refractivity contribution in [1.82, 2.24) is 9.97 Å². The largest absolute Gasteiger partial charge is 0.493 e. The molecule has 0 aliphatic carbocycles. The molecule has 11 heavy (non-hydrogen) atoms. The van der Waals surface area contributed by atoms with Gasteiger partial charge in [0.2, 0.25) is 5.88 Å². The van der Waals surface area contributed by atoms with E-state index in [1.807, 2.05) is 6.92 Å². The van der Waals surface area contributed by atoms with Crippen molar-refractivity contribution in [3.05, 3.63) is 28.3 Å². The van der Waals surface area contributed by atoms with Gasteiger partial charge in [0.15, 0.2) is 0 Å². The highest BCUT2D eigenvalue weighted by atomic mass is 16.3. The molecule has 0 amide bonds. The van der Waals surface area contributed by atoms with E-state index in [0.717, 1.165) is 5.57 Å². The van der Waals surface area contributed by atoms with Gasteiger partial charge >= 0.3 is 5.69 Å². The number of allylic oxidation sites excluding steroid dienone is 1. The minimum Gasteiger partial charge on any atom is -0.493 e. The topological polar surface area (TPSA) is 68.9 Å². The molecule has 0 aliphatic rings. The van der Waals surface area contributed by atoms with Crippen molar-refractivity contribution in [2.24, 2.45) is 0 Å². The van der Waals surface area contributed by atoms with E-state index in [-0.39, 0.29) is 5.88 Å². The Morgan fingerprint density at radius 2 is 2.27 bits per heavy atom. The predicted molar refractivity (Wildman–Crippen MR) is 41.6 cm³/mol. The molecule has 1 heterocycles. The van der Waals surface area contributed by atoms with Gasteiger partial charge in [-0.2, -0.15) is 0 Å². The van der Waals surface area contributed by atoms with Crippen LogP contribution in [0.4, 0.5) is 0 Å². The molecule has 0 aromatic carbocycles. The summed E-state index contributed by atoms with van der Waals surface area (Å²) in [5.41, 5.74) is 0.983. The van der Waals surface area contributed by atoms with E-state index in [2.05, 4.69) is 16.5 Å². The second-order valence-electron chi connectivity index (χ2n) is 2.54. The van der Waals surface area contributed by atoms with Crippen molar-refractivity contribution in [2.45, 2.75) is 13.3 Å². The van der Waals surface area contributed by atoms with Crippen LogP contribution < -0.4 is 5.69 Å². The molecule has 0 spiro atoms. The summed E-state index contributed by atoms with van der Waals surface area (Å²) in [5.74, 6) is -0.0991. The summed E-state index contributed by atoms with van der Waals surface area (Å²) in [5, 5.41) is 9.05. The van der Waals surface area contributed by atoms with E-state index < -0.39 is 5.69 Å². The van der Waals surface area contributed by atoms with Crippen molar-refractivity contribution in [3.63, 3.8) is 0 Å². The minimum absolute atomic E-state index is 0.0991. The fraction of sp³-hybridized carbons (Fsp3) is 0.286. The van der Waals surface area contributed by atoms with E-state index >= 15 is 0 Å². The Kier molecular flexibility index (Phi) is 1.85. The Hall–Kier alpha value is -1.45. The van der Waals surface area contributed by atoms with Crippen LogP contribution in [0.1, 0.15) is 12.6 Å². The molecular weight excluding hydrogens is 144 g/mol. The first-order valence-electron chi connectivity index (χ1n) is 3.24. The number of nitrogens with one attached hydrogen (secondary N) is 2. The number of aromatic amines is 2. The molecule has 0 atom stereocenters. The van der Waals surface area contributed by atoms with E-state index in [0.29, 0.717) is 12.1 Å². The molecule has 1 rings (SSSR count). The normalized spacial score (nSPS) is 9.91. The van der Waals surface area contributed by atoms with Gasteiger partial charge in [0, 0.05) is 6.42 Å². The maximum absolute atomic E-state index is 10.6. The molecule has 4 nitrogen and oxygen atoms in total. The predicted octanol–water partition coefficient (Wildman–Crippen LogP) is 0.527. The van der Waals surface area contributed by atoms with Crippen LogP contribution in [0.15, 0.2) is 16.9 Å². The summed E-state index contributed by atoms with van der Waals surface area (Å²) in [4.78, 5) is 15.3. The van der Waals surface area contributed by atoms with Gasteiger partial charge in [-0.25, -0.2) is 4.79 Å². The Morgan fingerprint density at radius 3 is 2.64 bits per heavy atom. The Labute approximate surface area is 63.6 Å². The second-order valence-corrected chi connectivity index (χ2v) is 2.54. The van der Waals surface area contributed by atoms with Crippen LogP contribution in [0.2, 0.25) is 0 Å². The van der Waals surface area contributed by atoms with Crippen molar-refractivity contribution < 1.29 is 5.11 Å². The maximum Gasteiger partial charge on any atom is 0.325 e. The van der Waals surface area contributed by atoms with Gasteiger partial charge in [-0.05, 0) is 6.92 Å². The minimum atomic E-state index is -0.390. The van der Waals surface area contributed by atoms with E-state index in [1.54, 1.807) is 0 Å². The zero-order chi connectivity index (χ0) is 8.43. The molecule has 1 aromatic heterocycles. The van der Waals surface area contributed by atoms with Crippen molar-refractivity contribution in [1.29, 1.82) is 0 Å². The molecule has 3 N–H and O–H groups in total. The third-order valence-electron chi connectivity index (χ3n) is 1.26. The highest BCUT2D eigenvalue weighted by molar-refractivity contribution is 5.20. The lowest BCUT2D eigenvalue weighted by Gasteiger charge is -1.94. The fourth-order valence-corrected chi connectivity index (χ4v) is 0.840. The molecule has 0 unspecified atom stereocenters. The zero-order valence-electron chi connectivity index (χ0n) is 6.27. The highest BCUT2D eigenvalue weighted by Crippen LogP contribution is 2.10. The first-order chi connectivity index (χ1) is 5.09. The Bertz CT molecular complexity index is 321. The van der Waals surface area contributed by atoms with E-state index in [4.69, 9.17) is 5.11 Å². The number of aromatic nitrogens is 2. The number of rotatable bonds is 2. The van der Waals surface area contributed by atoms with Crippen molar-refractivity contribution in [3.8, 4) is 5.88 Å². The van der Waals surface area contributed by atoms with Crippen LogP contribution in [0.5, 0.6) is 5.88 Å². The molecule has 0 saturated heterocycles. The molecular formula is C7H10N2O2. The first kappa shape index (κ1) is 7.65. The fourth-order valence-electron chi connectivity index (χ4n) is 0.840. The van der Waals surface area contributed by atoms with Crippen LogP contribution >= 0.6 is 0 Å². The average Bonchev–Trinajstić information content (AvgIpc) is 2.09. The van der Waals surface area contributed by atoms with Gasteiger partial charge in [-0.3, -0.25) is 4.98 Å². The average molecular weight is 154 g/mol. The summed E-state index contributed by atoms with van der Waals surface area (Å²) in [6, 6.07) is 0. The molecule has 1 aromatic rings. The van der Waals surface area contributed by atoms with Crippen molar-refractivity contribution >= 4 is 0 Å². The lowest BCUT2D eigenvalue weighted by atomic mass is 10.2.